The number of primary amides is 1. The van der Waals surface area contributed by atoms with Crippen LogP contribution in [0.5, 0.6) is 0 Å². The topological polar surface area (TPSA) is 60.9 Å². The number of carbonyl (C=O) groups excluding carboxylic acids is 1. The summed E-state index contributed by atoms with van der Waals surface area (Å²) in [6.07, 6.45) is 3.71. The molecule has 3 rings (SSSR count). The Morgan fingerprint density at radius 2 is 1.77 bits per heavy atom. The minimum Gasteiger partial charge on any atom is -0.366 e. The molecule has 1 atom stereocenters. The van der Waals surface area contributed by atoms with E-state index in [1.54, 1.807) is 18.3 Å². The summed E-state index contributed by atoms with van der Waals surface area (Å²) >= 11 is 0. The summed E-state index contributed by atoms with van der Waals surface area (Å²) in [7, 11) is 0. The Morgan fingerprint density at radius 3 is 2.41 bits per heavy atom. The highest BCUT2D eigenvalue weighted by Crippen LogP contribution is 2.24. The molecular weight excluding hydrogens is 274 g/mol. The van der Waals surface area contributed by atoms with Crippen molar-refractivity contribution < 1.29 is 4.79 Å². The highest BCUT2D eigenvalue weighted by atomic mass is 16.1. The van der Waals surface area contributed by atoms with Gasteiger partial charge in [0.15, 0.2) is 0 Å². The number of benzene rings is 2. The Bertz CT molecular complexity index is 776. The van der Waals surface area contributed by atoms with E-state index in [1.807, 2.05) is 41.1 Å². The molecule has 2 aromatic carbocycles. The smallest absolute Gasteiger partial charge is 0.248 e. The lowest BCUT2D eigenvalue weighted by molar-refractivity contribution is 0.100. The standard InChI is InChI=1S/C18H17N3O/c1-13(14-5-3-2-4-6-14)18-20-11-12-21(18)16-9-7-15(8-10-16)17(19)22/h2-13H,1H3,(H2,19,22)/t13-/m1/s1. The van der Waals surface area contributed by atoms with Gasteiger partial charge in [0, 0.05) is 29.6 Å². The van der Waals surface area contributed by atoms with Crippen molar-refractivity contribution in [2.45, 2.75) is 12.8 Å². The molecule has 0 saturated carbocycles. The summed E-state index contributed by atoms with van der Waals surface area (Å²) in [5.74, 6) is 0.708. The molecule has 0 unspecified atom stereocenters. The van der Waals surface area contributed by atoms with Crippen molar-refractivity contribution in [2.24, 2.45) is 5.73 Å². The lowest BCUT2D eigenvalue weighted by Gasteiger charge is -2.14. The molecule has 2 N–H and O–H groups in total. The molecule has 0 fully saturated rings. The maximum atomic E-state index is 11.2. The van der Waals surface area contributed by atoms with Crippen LogP contribution in [0.15, 0.2) is 67.0 Å². The fourth-order valence-electron chi connectivity index (χ4n) is 2.53. The Morgan fingerprint density at radius 1 is 1.09 bits per heavy atom. The van der Waals surface area contributed by atoms with Crippen LogP contribution in [-0.4, -0.2) is 15.5 Å². The van der Waals surface area contributed by atoms with E-state index in [-0.39, 0.29) is 5.92 Å². The second kappa shape index (κ2) is 5.85. The lowest BCUT2D eigenvalue weighted by atomic mass is 10.0. The predicted molar refractivity (Wildman–Crippen MR) is 86.0 cm³/mol. The van der Waals surface area contributed by atoms with Gasteiger partial charge in [-0.05, 0) is 29.8 Å². The fourth-order valence-corrected chi connectivity index (χ4v) is 2.53. The molecule has 0 aliphatic heterocycles. The minimum atomic E-state index is -0.421. The molecule has 0 bridgehead atoms. The largest absolute Gasteiger partial charge is 0.366 e. The van der Waals surface area contributed by atoms with Crippen molar-refractivity contribution in [3.8, 4) is 5.69 Å². The van der Waals surface area contributed by atoms with E-state index in [1.165, 1.54) is 5.56 Å². The van der Waals surface area contributed by atoms with Crippen LogP contribution in [0.4, 0.5) is 0 Å². The first-order valence-corrected chi connectivity index (χ1v) is 7.15. The van der Waals surface area contributed by atoms with Crippen LogP contribution in [0.2, 0.25) is 0 Å². The first kappa shape index (κ1) is 14.1. The summed E-state index contributed by atoms with van der Waals surface area (Å²) in [4.78, 5) is 15.7. The third kappa shape index (κ3) is 2.63. The Hall–Kier alpha value is -2.88. The van der Waals surface area contributed by atoms with E-state index in [9.17, 15) is 4.79 Å². The third-order valence-corrected chi connectivity index (χ3v) is 3.79. The molecule has 1 amide bonds. The summed E-state index contributed by atoms with van der Waals surface area (Å²) in [5, 5.41) is 0. The summed E-state index contributed by atoms with van der Waals surface area (Å²) in [5.41, 5.74) is 7.95. The second-order valence-electron chi connectivity index (χ2n) is 5.20. The highest BCUT2D eigenvalue weighted by Gasteiger charge is 2.15. The van der Waals surface area contributed by atoms with Gasteiger partial charge in [-0.15, -0.1) is 0 Å². The van der Waals surface area contributed by atoms with Crippen molar-refractivity contribution in [2.75, 3.05) is 0 Å². The van der Waals surface area contributed by atoms with Gasteiger partial charge in [-0.1, -0.05) is 37.3 Å². The van der Waals surface area contributed by atoms with Gasteiger partial charge >= 0.3 is 0 Å². The van der Waals surface area contributed by atoms with Gasteiger partial charge in [0.2, 0.25) is 5.91 Å². The van der Waals surface area contributed by atoms with Crippen LogP contribution >= 0.6 is 0 Å². The van der Waals surface area contributed by atoms with Gasteiger partial charge in [0.1, 0.15) is 5.82 Å². The average Bonchev–Trinajstić information content (AvgIpc) is 3.04. The van der Waals surface area contributed by atoms with E-state index >= 15 is 0 Å². The van der Waals surface area contributed by atoms with Gasteiger partial charge < -0.3 is 10.3 Å². The average molecular weight is 291 g/mol. The number of nitrogens with two attached hydrogens (primary N) is 1. The van der Waals surface area contributed by atoms with E-state index in [0.717, 1.165) is 11.5 Å². The van der Waals surface area contributed by atoms with Crippen LogP contribution in [0.3, 0.4) is 0 Å². The summed E-state index contributed by atoms with van der Waals surface area (Å²) < 4.78 is 2.03. The first-order chi connectivity index (χ1) is 10.7. The molecule has 0 saturated heterocycles. The fraction of sp³-hybridized carbons (Fsp3) is 0.111. The van der Waals surface area contributed by atoms with Gasteiger partial charge in [0.05, 0.1) is 0 Å². The zero-order chi connectivity index (χ0) is 15.5. The number of hydrogen-bond donors (Lipinski definition) is 1. The minimum absolute atomic E-state index is 0.173. The molecule has 1 aromatic heterocycles. The quantitative estimate of drug-likeness (QED) is 0.802. The van der Waals surface area contributed by atoms with Gasteiger partial charge in [0.25, 0.3) is 0 Å². The molecule has 4 nitrogen and oxygen atoms in total. The molecule has 1 heterocycles. The molecular formula is C18H17N3O. The van der Waals surface area contributed by atoms with E-state index in [0.29, 0.717) is 5.56 Å². The van der Waals surface area contributed by atoms with Crippen molar-refractivity contribution in [3.63, 3.8) is 0 Å². The number of amides is 1. The van der Waals surface area contributed by atoms with Crippen LogP contribution in [0.25, 0.3) is 5.69 Å². The number of rotatable bonds is 4. The highest BCUT2D eigenvalue weighted by molar-refractivity contribution is 5.92. The summed E-state index contributed by atoms with van der Waals surface area (Å²) in [6, 6.07) is 17.5. The maximum Gasteiger partial charge on any atom is 0.248 e. The van der Waals surface area contributed by atoms with Gasteiger partial charge in [-0.3, -0.25) is 4.79 Å². The van der Waals surface area contributed by atoms with Crippen molar-refractivity contribution in [3.05, 3.63) is 83.9 Å². The zero-order valence-corrected chi connectivity index (χ0v) is 12.3. The summed E-state index contributed by atoms with van der Waals surface area (Å²) in [6.45, 7) is 2.13. The van der Waals surface area contributed by atoms with Crippen LogP contribution in [-0.2, 0) is 0 Å². The van der Waals surface area contributed by atoms with Gasteiger partial charge in [-0.2, -0.15) is 0 Å². The molecule has 0 radical (unpaired) electrons. The number of nitrogens with zero attached hydrogens (tertiary/aromatic N) is 2. The van der Waals surface area contributed by atoms with Crippen molar-refractivity contribution in [1.82, 2.24) is 9.55 Å². The van der Waals surface area contributed by atoms with Crippen LogP contribution in [0, 0.1) is 0 Å². The molecule has 110 valence electrons. The molecule has 22 heavy (non-hydrogen) atoms. The normalized spacial score (nSPS) is 12.0. The Balaban J connectivity index is 1.97. The second-order valence-corrected chi connectivity index (χ2v) is 5.20. The molecule has 0 aliphatic carbocycles. The number of aromatic nitrogens is 2. The van der Waals surface area contributed by atoms with Crippen molar-refractivity contribution in [1.29, 1.82) is 0 Å². The van der Waals surface area contributed by atoms with Gasteiger partial charge in [-0.25, -0.2) is 4.98 Å². The molecule has 4 heteroatoms. The lowest BCUT2D eigenvalue weighted by Crippen LogP contribution is -2.11. The maximum absolute atomic E-state index is 11.2. The number of carbonyl (C=O) groups is 1. The van der Waals surface area contributed by atoms with E-state index in [4.69, 9.17) is 5.73 Å². The van der Waals surface area contributed by atoms with Crippen molar-refractivity contribution >= 4 is 5.91 Å². The molecule has 3 aromatic rings. The zero-order valence-electron chi connectivity index (χ0n) is 12.3. The third-order valence-electron chi connectivity index (χ3n) is 3.79. The Kier molecular flexibility index (Phi) is 3.74. The Labute approximate surface area is 129 Å². The predicted octanol–water partition coefficient (Wildman–Crippen LogP) is 3.12. The van der Waals surface area contributed by atoms with Crippen LogP contribution < -0.4 is 5.73 Å². The van der Waals surface area contributed by atoms with E-state index in [2.05, 4.69) is 24.0 Å². The monoisotopic (exact) mass is 291 g/mol. The first-order valence-electron chi connectivity index (χ1n) is 7.15. The molecule has 0 spiro atoms. The number of imidazole rings is 1. The van der Waals surface area contributed by atoms with E-state index < -0.39 is 5.91 Å². The number of hydrogen-bond acceptors (Lipinski definition) is 2. The van der Waals surface area contributed by atoms with Crippen LogP contribution in [0.1, 0.15) is 34.6 Å². The molecule has 0 aliphatic rings. The SMILES string of the molecule is C[C@H](c1ccccc1)c1nccn1-c1ccc(C(N)=O)cc1.